The monoisotopic (exact) mass is 403 g/mol. The maximum atomic E-state index is 12.2. The van der Waals surface area contributed by atoms with Crippen LogP contribution in [0.5, 0.6) is 0 Å². The lowest BCUT2D eigenvalue weighted by Crippen LogP contribution is -2.15. The third-order valence-electron chi connectivity index (χ3n) is 3.65. The number of anilines is 1. The van der Waals surface area contributed by atoms with Crippen molar-refractivity contribution >= 4 is 46.3 Å². The minimum atomic E-state index is -0.667. The van der Waals surface area contributed by atoms with Gasteiger partial charge in [0.2, 0.25) is 5.78 Å². The van der Waals surface area contributed by atoms with E-state index in [-0.39, 0.29) is 17.1 Å². The molecule has 0 radical (unpaired) electrons. The molecule has 3 rings (SSSR count). The van der Waals surface area contributed by atoms with Crippen molar-refractivity contribution in [2.24, 2.45) is 0 Å². The van der Waals surface area contributed by atoms with Crippen LogP contribution in [0.2, 0.25) is 4.34 Å². The predicted molar refractivity (Wildman–Crippen MR) is 102 cm³/mol. The molecule has 0 bridgehead atoms. The van der Waals surface area contributed by atoms with Gasteiger partial charge >= 0.3 is 5.97 Å². The van der Waals surface area contributed by atoms with Crippen LogP contribution in [0.1, 0.15) is 36.1 Å². The smallest absolute Gasteiger partial charge is 0.338 e. The first-order chi connectivity index (χ1) is 12.9. The largest absolute Gasteiger partial charge is 0.459 e. The van der Waals surface area contributed by atoms with Crippen molar-refractivity contribution in [1.29, 1.82) is 0 Å². The minimum Gasteiger partial charge on any atom is -0.459 e. The first kappa shape index (κ1) is 18.9. The lowest BCUT2D eigenvalue weighted by atomic mass is 10.1. The highest BCUT2D eigenvalue weighted by atomic mass is 35.5. The Labute approximate surface area is 163 Å². The minimum absolute atomic E-state index is 0.155. The van der Waals surface area contributed by atoms with Crippen molar-refractivity contribution in [3.63, 3.8) is 0 Å². The summed E-state index contributed by atoms with van der Waals surface area (Å²) in [6.07, 6.45) is 1.40. The number of hydrogen-bond acceptors (Lipinski definition) is 6. The Kier molecular flexibility index (Phi) is 5.73. The van der Waals surface area contributed by atoms with Gasteiger partial charge in [-0.05, 0) is 48.9 Å². The topological polar surface area (TPSA) is 85.6 Å². The molecule has 2 aromatic heterocycles. The molecule has 1 amide bonds. The average molecular weight is 404 g/mol. The number of carbonyl (C=O) groups is 3. The summed E-state index contributed by atoms with van der Waals surface area (Å²) in [6.45, 7) is 1.40. The van der Waals surface area contributed by atoms with Crippen LogP contribution in [0.4, 0.5) is 5.69 Å². The highest BCUT2D eigenvalue weighted by molar-refractivity contribution is 7.18. The third kappa shape index (κ3) is 4.64. The molecule has 0 spiro atoms. The first-order valence-electron chi connectivity index (χ1n) is 7.85. The predicted octanol–water partition coefficient (Wildman–Crippen LogP) is 4.59. The molecule has 0 saturated heterocycles. The SMILES string of the molecule is Cc1ccc(C(=O)OCC(=O)c2ccc(Cl)s2)cc1NC(=O)c1ccco1. The number of nitrogens with one attached hydrogen (secondary N) is 1. The highest BCUT2D eigenvalue weighted by Gasteiger charge is 2.16. The molecule has 0 fully saturated rings. The van der Waals surface area contributed by atoms with Gasteiger partial charge in [-0.3, -0.25) is 9.59 Å². The summed E-state index contributed by atoms with van der Waals surface area (Å²) in [6, 6.07) is 11.1. The number of Topliss-reactive ketones (excluding diaryl/α,β-unsaturated/α-hetero) is 1. The summed E-state index contributed by atoms with van der Waals surface area (Å²) in [7, 11) is 0. The molecule has 6 nitrogen and oxygen atoms in total. The van der Waals surface area contributed by atoms with Gasteiger partial charge in [0, 0.05) is 5.69 Å². The fourth-order valence-corrected chi connectivity index (χ4v) is 3.19. The second-order valence-corrected chi connectivity index (χ2v) is 7.28. The first-order valence-corrected chi connectivity index (χ1v) is 9.04. The van der Waals surface area contributed by atoms with E-state index in [1.165, 1.54) is 18.4 Å². The van der Waals surface area contributed by atoms with E-state index in [4.69, 9.17) is 20.8 Å². The number of hydrogen-bond donors (Lipinski definition) is 1. The molecule has 3 aromatic rings. The van der Waals surface area contributed by atoms with E-state index in [0.29, 0.717) is 14.9 Å². The highest BCUT2D eigenvalue weighted by Crippen LogP contribution is 2.22. The molecule has 0 aliphatic rings. The lowest BCUT2D eigenvalue weighted by molar-refractivity contribution is 0.0476. The van der Waals surface area contributed by atoms with Crippen molar-refractivity contribution in [2.45, 2.75) is 6.92 Å². The Morgan fingerprint density at radius 2 is 2.00 bits per heavy atom. The van der Waals surface area contributed by atoms with Crippen molar-refractivity contribution in [3.05, 3.63) is 74.8 Å². The van der Waals surface area contributed by atoms with E-state index in [9.17, 15) is 14.4 Å². The molecule has 0 aliphatic carbocycles. The van der Waals surface area contributed by atoms with Crippen molar-refractivity contribution < 1.29 is 23.5 Å². The Morgan fingerprint density at radius 3 is 2.67 bits per heavy atom. The number of carbonyl (C=O) groups excluding carboxylic acids is 3. The number of thiophene rings is 1. The van der Waals surface area contributed by atoms with Gasteiger partial charge in [0.15, 0.2) is 12.4 Å². The van der Waals surface area contributed by atoms with Crippen LogP contribution in [-0.2, 0) is 4.74 Å². The molecular weight excluding hydrogens is 390 g/mol. The summed E-state index contributed by atoms with van der Waals surface area (Å²) >= 11 is 6.91. The number of halogens is 1. The fraction of sp³-hybridized carbons (Fsp3) is 0.105. The molecule has 138 valence electrons. The number of furan rings is 1. The number of amides is 1. The van der Waals surface area contributed by atoms with E-state index in [1.54, 1.807) is 37.3 Å². The molecule has 0 unspecified atom stereocenters. The second-order valence-electron chi connectivity index (χ2n) is 5.56. The zero-order chi connectivity index (χ0) is 19.4. The number of ether oxygens (including phenoxy) is 1. The van der Waals surface area contributed by atoms with E-state index in [1.807, 2.05) is 0 Å². The molecular formula is C19H14ClNO5S. The van der Waals surface area contributed by atoms with Gasteiger partial charge in [-0.1, -0.05) is 17.7 Å². The van der Waals surface area contributed by atoms with Gasteiger partial charge in [-0.2, -0.15) is 0 Å². The molecule has 8 heteroatoms. The zero-order valence-electron chi connectivity index (χ0n) is 14.2. The maximum Gasteiger partial charge on any atom is 0.338 e. The van der Waals surface area contributed by atoms with E-state index in [2.05, 4.69) is 5.32 Å². The molecule has 2 heterocycles. The van der Waals surface area contributed by atoms with Crippen molar-refractivity contribution in [1.82, 2.24) is 0 Å². The van der Waals surface area contributed by atoms with Crippen molar-refractivity contribution in [2.75, 3.05) is 11.9 Å². The summed E-state index contributed by atoms with van der Waals surface area (Å²) < 4.78 is 10.6. The van der Waals surface area contributed by atoms with Gasteiger partial charge in [-0.25, -0.2) is 4.79 Å². The second kappa shape index (κ2) is 8.20. The Balaban J connectivity index is 1.66. The summed E-state index contributed by atoms with van der Waals surface area (Å²) in [4.78, 5) is 36.8. The van der Waals surface area contributed by atoms with Crippen LogP contribution in [0.15, 0.2) is 53.1 Å². The third-order valence-corrected chi connectivity index (χ3v) is 4.92. The summed E-state index contributed by atoms with van der Waals surface area (Å²) in [5.41, 5.74) is 1.42. The van der Waals surface area contributed by atoms with Gasteiger partial charge in [0.05, 0.1) is 21.0 Å². The van der Waals surface area contributed by atoms with Gasteiger partial charge < -0.3 is 14.5 Å². The average Bonchev–Trinajstić information content (AvgIpc) is 3.33. The number of aryl methyl sites for hydroxylation is 1. The van der Waals surface area contributed by atoms with E-state index in [0.717, 1.165) is 16.9 Å². The fourth-order valence-electron chi connectivity index (χ4n) is 2.23. The molecule has 27 heavy (non-hydrogen) atoms. The number of esters is 1. The van der Waals surface area contributed by atoms with Crippen LogP contribution in [0.3, 0.4) is 0 Å². The lowest BCUT2D eigenvalue weighted by Gasteiger charge is -2.10. The van der Waals surface area contributed by atoms with Crippen molar-refractivity contribution in [3.8, 4) is 0 Å². The van der Waals surface area contributed by atoms with Gasteiger partial charge in [-0.15, -0.1) is 11.3 Å². The normalized spacial score (nSPS) is 10.4. The van der Waals surface area contributed by atoms with Crippen LogP contribution < -0.4 is 5.32 Å². The summed E-state index contributed by atoms with van der Waals surface area (Å²) in [5.74, 6) is -1.28. The maximum absolute atomic E-state index is 12.2. The van der Waals surface area contributed by atoms with Gasteiger partial charge in [0.25, 0.3) is 5.91 Å². The molecule has 0 aliphatic heterocycles. The Hall–Kier alpha value is -2.90. The quantitative estimate of drug-likeness (QED) is 0.480. The Morgan fingerprint density at radius 1 is 1.19 bits per heavy atom. The van der Waals surface area contributed by atoms with E-state index < -0.39 is 18.5 Å². The number of rotatable bonds is 6. The Bertz CT molecular complexity index is 993. The van der Waals surface area contributed by atoms with Crippen LogP contribution in [-0.4, -0.2) is 24.3 Å². The zero-order valence-corrected chi connectivity index (χ0v) is 15.7. The molecule has 0 saturated carbocycles. The van der Waals surface area contributed by atoms with E-state index >= 15 is 0 Å². The molecule has 1 N–H and O–H groups in total. The van der Waals surface area contributed by atoms with Crippen LogP contribution in [0, 0.1) is 6.92 Å². The number of ketones is 1. The van der Waals surface area contributed by atoms with Crippen LogP contribution in [0.25, 0.3) is 0 Å². The number of benzene rings is 1. The molecule has 0 atom stereocenters. The van der Waals surface area contributed by atoms with Crippen LogP contribution >= 0.6 is 22.9 Å². The standard InChI is InChI=1S/C19H14ClNO5S/c1-11-4-5-12(9-13(11)21-18(23)15-3-2-8-25-15)19(24)26-10-14(22)16-6-7-17(20)27-16/h2-9H,10H2,1H3,(H,21,23). The molecule has 1 aromatic carbocycles. The summed E-state index contributed by atoms with van der Waals surface area (Å²) in [5, 5.41) is 2.68. The van der Waals surface area contributed by atoms with Gasteiger partial charge in [0.1, 0.15) is 0 Å².